The van der Waals surface area contributed by atoms with Gasteiger partial charge in [-0.05, 0) is 6.42 Å². The summed E-state index contributed by atoms with van der Waals surface area (Å²) in [5.41, 5.74) is 5.22. The molecular weight excluding hydrogens is 309 g/mol. The van der Waals surface area contributed by atoms with E-state index in [1.807, 2.05) is 0 Å². The number of likely N-dealkylation sites (tertiary alicyclic amines) is 1. The summed E-state index contributed by atoms with van der Waals surface area (Å²) >= 11 is 1.38. The summed E-state index contributed by atoms with van der Waals surface area (Å²) < 4.78 is 30.9. The van der Waals surface area contributed by atoms with Gasteiger partial charge in [0.1, 0.15) is 0 Å². The molecule has 1 fully saturated rings. The van der Waals surface area contributed by atoms with Crippen LogP contribution in [-0.2, 0) is 3.07 Å². The van der Waals surface area contributed by atoms with E-state index >= 15 is 0 Å². The molecule has 1 rings (SSSR count). The minimum absolute atomic E-state index is 0.0554. The third-order valence-corrected chi connectivity index (χ3v) is 2.73. The maximum atomic E-state index is 13.3. The highest BCUT2D eigenvalue weighted by molar-refractivity contribution is 14.1. The van der Waals surface area contributed by atoms with E-state index in [2.05, 4.69) is 3.07 Å². The van der Waals surface area contributed by atoms with Crippen molar-refractivity contribution >= 4 is 29.1 Å². The Morgan fingerprint density at radius 2 is 2.36 bits per heavy atom. The van der Waals surface area contributed by atoms with E-state index < -0.39 is 24.5 Å². The van der Waals surface area contributed by atoms with Crippen LogP contribution in [-0.4, -0.2) is 36.5 Å². The summed E-state index contributed by atoms with van der Waals surface area (Å²) in [6, 6.07) is 0. The summed E-state index contributed by atoms with van der Waals surface area (Å²) in [6.45, 7) is -0.379. The lowest BCUT2D eigenvalue weighted by atomic mass is 9.93. The summed E-state index contributed by atoms with van der Waals surface area (Å²) in [4.78, 5) is 12.0. The van der Waals surface area contributed by atoms with Crippen LogP contribution in [0.5, 0.6) is 0 Å². The Kier molecular flexibility index (Phi) is 3.87. The second-order valence-electron chi connectivity index (χ2n) is 3.25. The van der Waals surface area contributed by atoms with Crippen LogP contribution in [0, 0.1) is 5.92 Å². The Hall–Kier alpha value is -0.180. The average Bonchev–Trinajstić information content (AvgIpc) is 2.15. The minimum Gasteiger partial charge on any atom is -0.378 e. The number of rotatable bonds is 1. The third-order valence-electron chi connectivity index (χ3n) is 2.36. The highest BCUT2D eigenvalue weighted by Gasteiger charge is 2.45. The number of amides is 1. The zero-order valence-electron chi connectivity index (χ0n) is 7.38. The first kappa shape index (κ1) is 11.9. The standard InChI is InChI=1S/C7H11F2IN2O2/c8-7(9)4-12(6(13)14-10)2-1-5(7)3-11/h5H,1-4,11H2. The zero-order valence-corrected chi connectivity index (χ0v) is 9.54. The van der Waals surface area contributed by atoms with Crippen LogP contribution in [0.25, 0.3) is 0 Å². The Morgan fingerprint density at radius 1 is 1.71 bits per heavy atom. The second kappa shape index (κ2) is 4.56. The molecule has 1 aliphatic heterocycles. The highest BCUT2D eigenvalue weighted by atomic mass is 127. The number of halogens is 3. The van der Waals surface area contributed by atoms with Gasteiger partial charge in [0.15, 0.2) is 23.0 Å². The molecule has 7 heteroatoms. The second-order valence-corrected chi connectivity index (χ2v) is 3.69. The zero-order chi connectivity index (χ0) is 10.8. The molecule has 0 aromatic rings. The van der Waals surface area contributed by atoms with Crippen molar-refractivity contribution in [3.8, 4) is 0 Å². The number of nitrogens with two attached hydrogens (primary N) is 1. The van der Waals surface area contributed by atoms with Crippen molar-refractivity contribution in [2.75, 3.05) is 19.6 Å². The minimum atomic E-state index is -2.90. The predicted molar refractivity (Wildman–Crippen MR) is 54.2 cm³/mol. The van der Waals surface area contributed by atoms with Crippen LogP contribution in [0.4, 0.5) is 13.6 Å². The Balaban J connectivity index is 2.62. The number of hydrogen-bond donors (Lipinski definition) is 1. The van der Waals surface area contributed by atoms with Crippen molar-refractivity contribution in [2.45, 2.75) is 12.3 Å². The van der Waals surface area contributed by atoms with Crippen LogP contribution >= 0.6 is 23.0 Å². The smallest absolute Gasteiger partial charge is 0.378 e. The van der Waals surface area contributed by atoms with Crippen LogP contribution in [0.3, 0.4) is 0 Å². The van der Waals surface area contributed by atoms with Crippen molar-refractivity contribution in [1.82, 2.24) is 4.90 Å². The number of piperidine rings is 1. The summed E-state index contributed by atoms with van der Waals surface area (Å²) in [5.74, 6) is -3.74. The van der Waals surface area contributed by atoms with Gasteiger partial charge in [0.25, 0.3) is 5.92 Å². The van der Waals surface area contributed by atoms with E-state index in [-0.39, 0.29) is 19.5 Å². The van der Waals surface area contributed by atoms with Gasteiger partial charge in [-0.2, -0.15) is 0 Å². The molecule has 2 N–H and O–H groups in total. The third kappa shape index (κ3) is 2.44. The lowest BCUT2D eigenvalue weighted by molar-refractivity contribution is -0.0989. The number of carbonyl (C=O) groups is 1. The van der Waals surface area contributed by atoms with Gasteiger partial charge in [-0.25, -0.2) is 13.6 Å². The molecule has 82 valence electrons. The average molecular weight is 320 g/mol. The van der Waals surface area contributed by atoms with Gasteiger partial charge < -0.3 is 13.7 Å². The molecule has 0 bridgehead atoms. The van der Waals surface area contributed by atoms with E-state index in [1.54, 1.807) is 0 Å². The van der Waals surface area contributed by atoms with Gasteiger partial charge in [0, 0.05) is 19.0 Å². The maximum absolute atomic E-state index is 13.3. The number of carbonyl (C=O) groups excluding carboxylic acids is 1. The molecule has 4 nitrogen and oxygen atoms in total. The molecule has 1 aliphatic rings. The van der Waals surface area contributed by atoms with Gasteiger partial charge in [-0.15, -0.1) is 0 Å². The lowest BCUT2D eigenvalue weighted by Gasteiger charge is -2.36. The lowest BCUT2D eigenvalue weighted by Crippen LogP contribution is -2.52. The van der Waals surface area contributed by atoms with E-state index in [9.17, 15) is 13.6 Å². The Morgan fingerprint density at radius 3 is 2.79 bits per heavy atom. The maximum Gasteiger partial charge on any atom is 0.419 e. The first-order valence-corrected chi connectivity index (χ1v) is 5.04. The fourth-order valence-electron chi connectivity index (χ4n) is 1.48. The summed E-state index contributed by atoms with van der Waals surface area (Å²) in [5, 5.41) is 0. The highest BCUT2D eigenvalue weighted by Crippen LogP contribution is 2.32. The molecular formula is C7H11F2IN2O2. The molecule has 14 heavy (non-hydrogen) atoms. The molecule has 0 spiro atoms. The van der Waals surface area contributed by atoms with Gasteiger partial charge in [0.05, 0.1) is 6.54 Å². The topological polar surface area (TPSA) is 55.6 Å². The largest absolute Gasteiger partial charge is 0.419 e. The number of hydrogen-bond acceptors (Lipinski definition) is 3. The molecule has 0 aliphatic carbocycles. The first-order chi connectivity index (χ1) is 6.51. The fourth-order valence-corrected chi connectivity index (χ4v) is 1.76. The molecule has 1 heterocycles. The molecule has 0 saturated carbocycles. The number of alkyl halides is 2. The first-order valence-electron chi connectivity index (χ1n) is 4.16. The van der Waals surface area contributed by atoms with E-state index in [4.69, 9.17) is 5.73 Å². The monoisotopic (exact) mass is 320 g/mol. The van der Waals surface area contributed by atoms with Crippen LogP contribution in [0.2, 0.25) is 0 Å². The molecule has 1 saturated heterocycles. The van der Waals surface area contributed by atoms with Crippen molar-refractivity contribution < 1.29 is 16.6 Å². The van der Waals surface area contributed by atoms with E-state index in [1.165, 1.54) is 23.0 Å². The van der Waals surface area contributed by atoms with Crippen LogP contribution in [0.1, 0.15) is 6.42 Å². The number of nitrogens with zero attached hydrogens (tertiary/aromatic N) is 1. The SMILES string of the molecule is NCC1CCN(C(=O)OI)CC1(F)F. The van der Waals surface area contributed by atoms with Gasteiger partial charge in [0.2, 0.25) is 0 Å². The summed E-state index contributed by atoms with van der Waals surface area (Å²) in [7, 11) is 0. The summed E-state index contributed by atoms with van der Waals surface area (Å²) in [6.07, 6.45) is -0.504. The fraction of sp³-hybridized carbons (Fsp3) is 0.857. The molecule has 0 radical (unpaired) electrons. The Bertz CT molecular complexity index is 228. The van der Waals surface area contributed by atoms with E-state index in [0.717, 1.165) is 4.90 Å². The predicted octanol–water partition coefficient (Wildman–Crippen LogP) is 1.39. The van der Waals surface area contributed by atoms with E-state index in [0.29, 0.717) is 0 Å². The molecule has 0 aromatic heterocycles. The van der Waals surface area contributed by atoms with Crippen molar-refractivity contribution in [3.63, 3.8) is 0 Å². The van der Waals surface area contributed by atoms with Gasteiger partial charge in [-0.3, -0.25) is 0 Å². The van der Waals surface area contributed by atoms with Gasteiger partial charge >= 0.3 is 6.09 Å². The van der Waals surface area contributed by atoms with Crippen molar-refractivity contribution in [2.24, 2.45) is 11.7 Å². The quantitative estimate of drug-likeness (QED) is 0.743. The normalized spacial score (nSPS) is 26.0. The molecule has 1 amide bonds. The van der Waals surface area contributed by atoms with Crippen molar-refractivity contribution in [3.05, 3.63) is 0 Å². The van der Waals surface area contributed by atoms with Gasteiger partial charge in [-0.1, -0.05) is 0 Å². The van der Waals surface area contributed by atoms with Crippen LogP contribution < -0.4 is 5.73 Å². The molecule has 1 unspecified atom stereocenters. The van der Waals surface area contributed by atoms with Crippen LogP contribution in [0.15, 0.2) is 0 Å². The van der Waals surface area contributed by atoms with Crippen molar-refractivity contribution in [1.29, 1.82) is 0 Å². The molecule has 1 atom stereocenters. The molecule has 0 aromatic carbocycles. The Labute approximate surface area is 94.4 Å².